The second-order valence-electron chi connectivity index (χ2n) is 4.70. The molecule has 0 aliphatic heterocycles. The van der Waals surface area contributed by atoms with Crippen LogP contribution in [0, 0.1) is 0 Å². The topological polar surface area (TPSA) is 48.1 Å². The van der Waals surface area contributed by atoms with E-state index in [4.69, 9.17) is 15.5 Å². The number of hydrogen-bond acceptors (Lipinski definition) is 3. The number of hydrogen-bond donors (Lipinski definition) is 1. The Bertz CT molecular complexity index is 563. The van der Waals surface area contributed by atoms with Crippen LogP contribution >= 0.6 is 0 Å². The summed E-state index contributed by atoms with van der Waals surface area (Å²) in [4.78, 5) is 4.71. The van der Waals surface area contributed by atoms with E-state index in [0.29, 0.717) is 0 Å². The molecule has 3 heteroatoms. The fraction of sp³-hybridized carbons (Fsp3) is 0.267. The van der Waals surface area contributed by atoms with Crippen LogP contribution in [-0.4, -0.2) is 18.1 Å². The average molecular weight is 240 g/mol. The van der Waals surface area contributed by atoms with E-state index in [0.717, 1.165) is 35.5 Å². The molecule has 92 valence electrons. The molecule has 2 aromatic rings. The fourth-order valence-corrected chi connectivity index (χ4v) is 2.42. The number of aromatic nitrogens is 1. The van der Waals surface area contributed by atoms with Crippen molar-refractivity contribution in [3.05, 3.63) is 47.7 Å². The molecule has 0 bridgehead atoms. The third-order valence-corrected chi connectivity index (χ3v) is 3.39. The number of pyridine rings is 1. The van der Waals surface area contributed by atoms with Gasteiger partial charge in [-0.25, -0.2) is 0 Å². The molecule has 1 atom stereocenters. The lowest BCUT2D eigenvalue weighted by Gasteiger charge is -2.05. The Balaban J connectivity index is 1.95. The Morgan fingerprint density at radius 3 is 2.61 bits per heavy atom. The molecule has 1 aliphatic rings. The normalized spacial score (nSPS) is 17.6. The summed E-state index contributed by atoms with van der Waals surface area (Å²) in [5.41, 5.74) is 10.5. The number of rotatable bonds is 2. The van der Waals surface area contributed by atoms with Crippen molar-refractivity contribution in [2.75, 3.05) is 7.11 Å². The second kappa shape index (κ2) is 4.42. The summed E-state index contributed by atoms with van der Waals surface area (Å²) in [6.45, 7) is 0. The third-order valence-electron chi connectivity index (χ3n) is 3.39. The molecule has 0 fully saturated rings. The summed E-state index contributed by atoms with van der Waals surface area (Å²) in [6, 6.07) is 12.4. The first-order valence-corrected chi connectivity index (χ1v) is 6.15. The molecule has 1 aromatic carbocycles. The van der Waals surface area contributed by atoms with Crippen LogP contribution in [0.3, 0.4) is 0 Å². The first-order valence-electron chi connectivity index (χ1n) is 6.15. The molecule has 3 rings (SSSR count). The van der Waals surface area contributed by atoms with Crippen molar-refractivity contribution in [3.8, 4) is 17.0 Å². The van der Waals surface area contributed by atoms with E-state index >= 15 is 0 Å². The lowest BCUT2D eigenvalue weighted by atomic mass is 10.1. The van der Waals surface area contributed by atoms with Crippen LogP contribution < -0.4 is 10.5 Å². The molecule has 1 aliphatic carbocycles. The minimum Gasteiger partial charge on any atom is -0.497 e. The van der Waals surface area contributed by atoms with Gasteiger partial charge >= 0.3 is 0 Å². The first-order chi connectivity index (χ1) is 8.76. The van der Waals surface area contributed by atoms with Gasteiger partial charge < -0.3 is 10.5 Å². The molecule has 0 radical (unpaired) electrons. The monoisotopic (exact) mass is 240 g/mol. The summed E-state index contributed by atoms with van der Waals surface area (Å²) in [6.07, 6.45) is 1.84. The van der Waals surface area contributed by atoms with E-state index in [1.807, 2.05) is 24.3 Å². The molecule has 0 saturated heterocycles. The van der Waals surface area contributed by atoms with Gasteiger partial charge in [0.05, 0.1) is 12.8 Å². The van der Waals surface area contributed by atoms with Gasteiger partial charge in [0, 0.05) is 23.7 Å². The van der Waals surface area contributed by atoms with Gasteiger partial charge in [0.2, 0.25) is 0 Å². The lowest BCUT2D eigenvalue weighted by molar-refractivity contribution is 0.415. The molecule has 2 N–H and O–H groups in total. The number of nitrogens with two attached hydrogens (primary N) is 1. The highest BCUT2D eigenvalue weighted by molar-refractivity contribution is 5.61. The molecule has 0 spiro atoms. The second-order valence-corrected chi connectivity index (χ2v) is 4.70. The molecule has 18 heavy (non-hydrogen) atoms. The number of ether oxygens (including phenoxy) is 1. The molecule has 0 amide bonds. The predicted octanol–water partition coefficient (Wildman–Crippen LogP) is 2.18. The van der Waals surface area contributed by atoms with Gasteiger partial charge in [-0.3, -0.25) is 4.98 Å². The van der Waals surface area contributed by atoms with Gasteiger partial charge in [0.15, 0.2) is 0 Å². The van der Waals surface area contributed by atoms with Crippen LogP contribution in [0.4, 0.5) is 0 Å². The van der Waals surface area contributed by atoms with E-state index < -0.39 is 0 Å². The van der Waals surface area contributed by atoms with Crippen molar-refractivity contribution >= 4 is 0 Å². The standard InChI is InChI=1S/C15H16N2O/c1-18-13-5-2-10(3-6-13)14-7-4-11-8-12(16)9-15(11)17-14/h2-7,12H,8-9,16H2,1H3. The molecule has 1 unspecified atom stereocenters. The fourth-order valence-electron chi connectivity index (χ4n) is 2.42. The minimum absolute atomic E-state index is 0.235. The van der Waals surface area contributed by atoms with Crippen LogP contribution in [0.2, 0.25) is 0 Å². The Hall–Kier alpha value is -1.87. The van der Waals surface area contributed by atoms with Crippen molar-refractivity contribution in [2.45, 2.75) is 18.9 Å². The Labute approximate surface area is 107 Å². The Kier molecular flexibility index (Phi) is 2.76. The minimum atomic E-state index is 0.235. The van der Waals surface area contributed by atoms with Crippen molar-refractivity contribution in [1.29, 1.82) is 0 Å². The number of fused-ring (bicyclic) bond motifs is 1. The third kappa shape index (κ3) is 1.97. The van der Waals surface area contributed by atoms with Gasteiger partial charge in [0.25, 0.3) is 0 Å². The molecule has 1 aromatic heterocycles. The lowest BCUT2D eigenvalue weighted by Crippen LogP contribution is -2.19. The highest BCUT2D eigenvalue weighted by Crippen LogP contribution is 2.25. The van der Waals surface area contributed by atoms with Crippen molar-refractivity contribution < 1.29 is 4.74 Å². The first kappa shape index (κ1) is 11.2. The van der Waals surface area contributed by atoms with Crippen LogP contribution in [0.5, 0.6) is 5.75 Å². The van der Waals surface area contributed by atoms with Gasteiger partial charge in [-0.2, -0.15) is 0 Å². The van der Waals surface area contributed by atoms with Crippen LogP contribution in [-0.2, 0) is 12.8 Å². The quantitative estimate of drug-likeness (QED) is 0.875. The zero-order chi connectivity index (χ0) is 12.5. The Morgan fingerprint density at radius 1 is 1.11 bits per heavy atom. The van der Waals surface area contributed by atoms with Gasteiger partial charge in [0.1, 0.15) is 5.75 Å². The summed E-state index contributed by atoms with van der Waals surface area (Å²) in [5, 5.41) is 0. The maximum Gasteiger partial charge on any atom is 0.118 e. The average Bonchev–Trinajstić information content (AvgIpc) is 2.78. The van der Waals surface area contributed by atoms with Crippen molar-refractivity contribution in [3.63, 3.8) is 0 Å². The highest BCUT2D eigenvalue weighted by atomic mass is 16.5. The molecule has 0 saturated carbocycles. The predicted molar refractivity (Wildman–Crippen MR) is 71.6 cm³/mol. The van der Waals surface area contributed by atoms with E-state index in [9.17, 15) is 0 Å². The summed E-state index contributed by atoms with van der Waals surface area (Å²) in [7, 11) is 1.67. The molecular formula is C15H16N2O. The smallest absolute Gasteiger partial charge is 0.118 e. The summed E-state index contributed by atoms with van der Waals surface area (Å²) < 4.78 is 5.16. The summed E-state index contributed by atoms with van der Waals surface area (Å²) in [5.74, 6) is 0.863. The van der Waals surface area contributed by atoms with Crippen LogP contribution in [0.15, 0.2) is 36.4 Å². The van der Waals surface area contributed by atoms with Crippen LogP contribution in [0.1, 0.15) is 11.3 Å². The maximum atomic E-state index is 5.96. The number of benzene rings is 1. The van der Waals surface area contributed by atoms with E-state index in [1.54, 1.807) is 7.11 Å². The van der Waals surface area contributed by atoms with Gasteiger partial charge in [-0.05, 0) is 42.3 Å². The maximum absolute atomic E-state index is 5.96. The van der Waals surface area contributed by atoms with Gasteiger partial charge in [-0.1, -0.05) is 6.07 Å². The van der Waals surface area contributed by atoms with E-state index in [1.165, 1.54) is 5.56 Å². The Morgan fingerprint density at radius 2 is 1.89 bits per heavy atom. The molecule has 3 nitrogen and oxygen atoms in total. The zero-order valence-corrected chi connectivity index (χ0v) is 10.4. The number of methoxy groups -OCH3 is 1. The van der Waals surface area contributed by atoms with Gasteiger partial charge in [-0.15, -0.1) is 0 Å². The van der Waals surface area contributed by atoms with Crippen molar-refractivity contribution in [2.24, 2.45) is 5.73 Å². The van der Waals surface area contributed by atoms with E-state index in [-0.39, 0.29) is 6.04 Å². The van der Waals surface area contributed by atoms with Crippen LogP contribution in [0.25, 0.3) is 11.3 Å². The van der Waals surface area contributed by atoms with E-state index in [2.05, 4.69) is 12.1 Å². The largest absolute Gasteiger partial charge is 0.497 e. The zero-order valence-electron chi connectivity index (χ0n) is 10.4. The number of nitrogens with zero attached hydrogens (tertiary/aromatic N) is 1. The SMILES string of the molecule is COc1ccc(-c2ccc3c(n2)CC(N)C3)cc1. The summed E-state index contributed by atoms with van der Waals surface area (Å²) >= 11 is 0. The highest BCUT2D eigenvalue weighted by Gasteiger charge is 2.19. The van der Waals surface area contributed by atoms with Crippen molar-refractivity contribution in [1.82, 2.24) is 4.98 Å². The molecular weight excluding hydrogens is 224 g/mol. The molecule has 1 heterocycles.